The minimum Gasteiger partial charge on any atom is -0.481 e. The number of nitrogens with zero attached hydrogens (tertiary/aromatic N) is 2. The highest BCUT2D eigenvalue weighted by atomic mass is 16.4. The second-order valence-corrected chi connectivity index (χ2v) is 5.74. The molecule has 1 fully saturated rings. The van der Waals surface area contributed by atoms with Crippen molar-refractivity contribution >= 4 is 16.9 Å². The SMILES string of the molecule is CC(c1cccc2ncccc12)N1CCC(C(=O)O)CC1. The summed E-state index contributed by atoms with van der Waals surface area (Å²) in [6.45, 7) is 3.88. The molecule has 1 unspecified atom stereocenters. The Morgan fingerprint density at radius 2 is 2.05 bits per heavy atom. The van der Waals surface area contributed by atoms with Gasteiger partial charge < -0.3 is 5.11 Å². The zero-order valence-electron chi connectivity index (χ0n) is 12.2. The van der Waals surface area contributed by atoms with Gasteiger partial charge in [0, 0.05) is 17.6 Å². The Bertz CT molecular complexity index is 643. The van der Waals surface area contributed by atoms with Gasteiger partial charge in [0.05, 0.1) is 11.4 Å². The summed E-state index contributed by atoms with van der Waals surface area (Å²) in [6.07, 6.45) is 3.29. The maximum absolute atomic E-state index is 11.0. The summed E-state index contributed by atoms with van der Waals surface area (Å²) < 4.78 is 0. The van der Waals surface area contributed by atoms with E-state index in [1.54, 1.807) is 0 Å². The summed E-state index contributed by atoms with van der Waals surface area (Å²) in [5.74, 6) is -0.834. The first-order valence-electron chi connectivity index (χ1n) is 7.47. The monoisotopic (exact) mass is 284 g/mol. The molecule has 1 atom stereocenters. The lowest BCUT2D eigenvalue weighted by molar-refractivity contribution is -0.143. The molecule has 0 aliphatic carbocycles. The molecule has 0 amide bonds. The molecule has 2 aromatic rings. The van der Waals surface area contributed by atoms with Gasteiger partial charge in [-0.2, -0.15) is 0 Å². The predicted octanol–water partition coefficient (Wildman–Crippen LogP) is 3.09. The number of carboxylic acids is 1. The number of aliphatic carboxylic acids is 1. The van der Waals surface area contributed by atoms with E-state index in [4.69, 9.17) is 5.11 Å². The summed E-state index contributed by atoms with van der Waals surface area (Å²) in [7, 11) is 0. The highest BCUT2D eigenvalue weighted by molar-refractivity contribution is 5.82. The fourth-order valence-electron chi connectivity index (χ4n) is 3.22. The normalized spacial score (nSPS) is 18.7. The lowest BCUT2D eigenvalue weighted by Crippen LogP contribution is -2.37. The number of hydrogen-bond donors (Lipinski definition) is 1. The lowest BCUT2D eigenvalue weighted by atomic mass is 9.94. The largest absolute Gasteiger partial charge is 0.481 e. The van der Waals surface area contributed by atoms with E-state index in [1.165, 1.54) is 10.9 Å². The minimum atomic E-state index is -0.656. The number of carboxylic acid groups (broad SMARTS) is 1. The van der Waals surface area contributed by atoms with Crippen LogP contribution in [0.25, 0.3) is 10.9 Å². The smallest absolute Gasteiger partial charge is 0.306 e. The maximum atomic E-state index is 11.0. The first-order chi connectivity index (χ1) is 10.2. The standard InChI is InChI=1S/C17H20N2O2/c1-12(19-10-7-13(8-11-19)17(20)21)14-4-2-6-16-15(14)5-3-9-18-16/h2-6,9,12-13H,7-8,10-11H2,1H3,(H,20,21). The molecule has 1 N–H and O–H groups in total. The molecule has 0 radical (unpaired) electrons. The van der Waals surface area contributed by atoms with E-state index in [-0.39, 0.29) is 12.0 Å². The molecule has 1 aliphatic rings. The summed E-state index contributed by atoms with van der Waals surface area (Å²) in [5, 5.41) is 10.3. The summed E-state index contributed by atoms with van der Waals surface area (Å²) in [6, 6.07) is 10.6. The molecule has 2 heterocycles. The van der Waals surface area contributed by atoms with Crippen LogP contribution in [0.1, 0.15) is 31.4 Å². The number of fused-ring (bicyclic) bond motifs is 1. The van der Waals surface area contributed by atoms with Crippen molar-refractivity contribution in [3.8, 4) is 0 Å². The third-order valence-corrected chi connectivity index (χ3v) is 4.56. The van der Waals surface area contributed by atoms with Crippen molar-refractivity contribution in [1.29, 1.82) is 0 Å². The second-order valence-electron chi connectivity index (χ2n) is 5.74. The highest BCUT2D eigenvalue weighted by Crippen LogP contribution is 2.30. The first kappa shape index (κ1) is 14.0. The number of pyridine rings is 1. The van der Waals surface area contributed by atoms with Crippen molar-refractivity contribution in [3.63, 3.8) is 0 Å². The highest BCUT2D eigenvalue weighted by Gasteiger charge is 2.27. The van der Waals surface area contributed by atoms with Crippen molar-refractivity contribution in [2.24, 2.45) is 5.92 Å². The quantitative estimate of drug-likeness (QED) is 0.941. The number of rotatable bonds is 3. The average Bonchev–Trinajstić information content (AvgIpc) is 2.53. The molecule has 1 aliphatic heterocycles. The molecule has 0 saturated carbocycles. The van der Waals surface area contributed by atoms with E-state index in [0.717, 1.165) is 31.4 Å². The van der Waals surface area contributed by atoms with E-state index >= 15 is 0 Å². The number of carbonyl (C=O) groups is 1. The fourth-order valence-corrected chi connectivity index (χ4v) is 3.22. The van der Waals surface area contributed by atoms with Crippen molar-refractivity contribution in [2.45, 2.75) is 25.8 Å². The van der Waals surface area contributed by atoms with Gasteiger partial charge in [-0.05, 0) is 50.6 Å². The van der Waals surface area contributed by atoms with Gasteiger partial charge >= 0.3 is 5.97 Å². The zero-order chi connectivity index (χ0) is 14.8. The van der Waals surface area contributed by atoms with Gasteiger partial charge in [-0.3, -0.25) is 14.7 Å². The van der Waals surface area contributed by atoms with Crippen LogP contribution >= 0.6 is 0 Å². The van der Waals surface area contributed by atoms with Crippen LogP contribution in [0, 0.1) is 5.92 Å². The van der Waals surface area contributed by atoms with Crippen molar-refractivity contribution in [1.82, 2.24) is 9.88 Å². The molecule has 3 rings (SSSR count). The van der Waals surface area contributed by atoms with Crippen LogP contribution in [0.4, 0.5) is 0 Å². The molecular formula is C17H20N2O2. The van der Waals surface area contributed by atoms with E-state index in [0.29, 0.717) is 0 Å². The van der Waals surface area contributed by atoms with Gasteiger partial charge in [0.15, 0.2) is 0 Å². The molecule has 1 aromatic carbocycles. The number of piperidine rings is 1. The summed E-state index contributed by atoms with van der Waals surface area (Å²) in [4.78, 5) is 17.8. The zero-order valence-corrected chi connectivity index (χ0v) is 12.2. The van der Waals surface area contributed by atoms with Crippen LogP contribution in [0.3, 0.4) is 0 Å². The minimum absolute atomic E-state index is 0.178. The fraction of sp³-hybridized carbons (Fsp3) is 0.412. The van der Waals surface area contributed by atoms with Crippen LogP contribution in [0.5, 0.6) is 0 Å². The van der Waals surface area contributed by atoms with Crippen LogP contribution in [-0.2, 0) is 4.79 Å². The Labute approximate surface area is 124 Å². The Morgan fingerprint density at radius 1 is 1.29 bits per heavy atom. The van der Waals surface area contributed by atoms with Gasteiger partial charge in [-0.15, -0.1) is 0 Å². The molecule has 0 bridgehead atoms. The first-order valence-corrected chi connectivity index (χ1v) is 7.47. The van der Waals surface area contributed by atoms with Crippen molar-refractivity contribution in [3.05, 3.63) is 42.1 Å². The van der Waals surface area contributed by atoms with E-state index in [9.17, 15) is 4.79 Å². The van der Waals surface area contributed by atoms with Gasteiger partial charge in [0.2, 0.25) is 0 Å². The molecule has 4 nitrogen and oxygen atoms in total. The topological polar surface area (TPSA) is 53.4 Å². The average molecular weight is 284 g/mol. The second kappa shape index (κ2) is 5.82. The van der Waals surface area contributed by atoms with Gasteiger partial charge in [-0.1, -0.05) is 18.2 Å². The van der Waals surface area contributed by atoms with Gasteiger partial charge in [-0.25, -0.2) is 0 Å². The van der Waals surface area contributed by atoms with Gasteiger partial charge in [0.1, 0.15) is 0 Å². The Hall–Kier alpha value is -1.94. The number of aromatic nitrogens is 1. The summed E-state index contributed by atoms with van der Waals surface area (Å²) in [5.41, 5.74) is 2.29. The molecule has 1 aromatic heterocycles. The third-order valence-electron chi connectivity index (χ3n) is 4.56. The van der Waals surface area contributed by atoms with Crippen LogP contribution < -0.4 is 0 Å². The molecule has 0 spiro atoms. The number of likely N-dealkylation sites (tertiary alicyclic amines) is 1. The van der Waals surface area contributed by atoms with Crippen LogP contribution in [-0.4, -0.2) is 34.0 Å². The Balaban J connectivity index is 1.82. The van der Waals surface area contributed by atoms with E-state index in [1.807, 2.05) is 24.4 Å². The van der Waals surface area contributed by atoms with Crippen molar-refractivity contribution < 1.29 is 9.90 Å². The number of benzene rings is 1. The third kappa shape index (κ3) is 2.76. The summed E-state index contributed by atoms with van der Waals surface area (Å²) >= 11 is 0. The molecular weight excluding hydrogens is 264 g/mol. The van der Waals surface area contributed by atoms with Crippen LogP contribution in [0.15, 0.2) is 36.5 Å². The van der Waals surface area contributed by atoms with Gasteiger partial charge in [0.25, 0.3) is 0 Å². The maximum Gasteiger partial charge on any atom is 0.306 e. The van der Waals surface area contributed by atoms with E-state index < -0.39 is 5.97 Å². The predicted molar refractivity (Wildman–Crippen MR) is 82.1 cm³/mol. The molecule has 1 saturated heterocycles. The lowest BCUT2D eigenvalue weighted by Gasteiger charge is -2.35. The molecule has 4 heteroatoms. The Morgan fingerprint density at radius 3 is 2.76 bits per heavy atom. The van der Waals surface area contributed by atoms with E-state index in [2.05, 4.69) is 28.9 Å². The molecule has 110 valence electrons. The Kier molecular flexibility index (Phi) is 3.88. The molecule has 21 heavy (non-hydrogen) atoms. The van der Waals surface area contributed by atoms with Crippen LogP contribution in [0.2, 0.25) is 0 Å². The number of hydrogen-bond acceptors (Lipinski definition) is 3. The van der Waals surface area contributed by atoms with Crippen molar-refractivity contribution in [2.75, 3.05) is 13.1 Å².